The summed E-state index contributed by atoms with van der Waals surface area (Å²) in [6.07, 6.45) is 1.88. The lowest BCUT2D eigenvalue weighted by Gasteiger charge is -2.31. The lowest BCUT2D eigenvalue weighted by Crippen LogP contribution is -2.41. The summed E-state index contributed by atoms with van der Waals surface area (Å²) in [6.45, 7) is 6.20. The van der Waals surface area contributed by atoms with Crippen LogP contribution >= 0.6 is 0 Å². The second-order valence-electron chi connectivity index (χ2n) is 6.31. The van der Waals surface area contributed by atoms with E-state index in [9.17, 15) is 8.42 Å². The van der Waals surface area contributed by atoms with Crippen molar-refractivity contribution in [1.29, 1.82) is 0 Å². The van der Waals surface area contributed by atoms with E-state index >= 15 is 0 Å². The minimum atomic E-state index is -3.55. The molecular weight excluding hydrogens is 324 g/mol. The van der Waals surface area contributed by atoms with Crippen molar-refractivity contribution in [2.75, 3.05) is 26.3 Å². The molecule has 2 heterocycles. The summed E-state index contributed by atoms with van der Waals surface area (Å²) in [6, 6.07) is 9.17. The summed E-state index contributed by atoms with van der Waals surface area (Å²) < 4.78 is 33.4. The zero-order valence-electron chi connectivity index (χ0n) is 14.2. The van der Waals surface area contributed by atoms with E-state index in [1.807, 2.05) is 32.0 Å². The van der Waals surface area contributed by atoms with Crippen LogP contribution in [0.2, 0.25) is 0 Å². The molecule has 0 aliphatic carbocycles. The van der Waals surface area contributed by atoms with E-state index < -0.39 is 10.0 Å². The first-order chi connectivity index (χ1) is 11.5. The number of ether oxygens (including phenoxy) is 1. The number of sulfonamides is 1. The van der Waals surface area contributed by atoms with Crippen molar-refractivity contribution in [3.8, 4) is 0 Å². The fraction of sp³-hybridized carbons (Fsp3) is 0.500. The number of piperidine rings is 1. The normalized spacial score (nSPS) is 19.7. The summed E-state index contributed by atoms with van der Waals surface area (Å²) in [4.78, 5) is 4.78. The highest BCUT2D eigenvalue weighted by Crippen LogP contribution is 2.28. The Labute approximate surface area is 143 Å². The van der Waals surface area contributed by atoms with Gasteiger partial charge in [-0.15, -0.1) is 0 Å². The molecule has 0 bridgehead atoms. The van der Waals surface area contributed by atoms with E-state index in [2.05, 4.69) is 4.98 Å². The number of hydrogen-bond acceptors (Lipinski definition) is 4. The number of aromatic nitrogens is 1. The van der Waals surface area contributed by atoms with Crippen LogP contribution in [0.5, 0.6) is 0 Å². The van der Waals surface area contributed by atoms with Gasteiger partial charge in [-0.05, 0) is 44.7 Å². The molecule has 0 amide bonds. The number of aryl methyl sites for hydroxylation is 1. The van der Waals surface area contributed by atoms with Gasteiger partial charge in [-0.1, -0.05) is 18.2 Å². The molecule has 0 spiro atoms. The van der Waals surface area contributed by atoms with Gasteiger partial charge in [-0.3, -0.25) is 4.98 Å². The molecule has 1 aromatic heterocycles. The highest BCUT2D eigenvalue weighted by molar-refractivity contribution is 7.89. The van der Waals surface area contributed by atoms with Gasteiger partial charge < -0.3 is 4.74 Å². The van der Waals surface area contributed by atoms with Gasteiger partial charge in [0.1, 0.15) is 4.90 Å². The van der Waals surface area contributed by atoms with Crippen LogP contribution < -0.4 is 0 Å². The number of nitrogens with zero attached hydrogens (tertiary/aromatic N) is 2. The predicted octanol–water partition coefficient (Wildman–Crippen LogP) is 2.98. The molecule has 3 rings (SSSR count). The monoisotopic (exact) mass is 348 g/mol. The Morgan fingerprint density at radius 2 is 2.12 bits per heavy atom. The maximum absolute atomic E-state index is 13.2. The molecule has 6 heteroatoms. The van der Waals surface area contributed by atoms with E-state index in [0.717, 1.165) is 23.9 Å². The van der Waals surface area contributed by atoms with E-state index in [-0.39, 0.29) is 5.92 Å². The summed E-state index contributed by atoms with van der Waals surface area (Å²) >= 11 is 0. The van der Waals surface area contributed by atoms with Crippen LogP contribution in [0.25, 0.3) is 10.9 Å². The van der Waals surface area contributed by atoms with Gasteiger partial charge in [0.15, 0.2) is 0 Å². The molecule has 1 saturated heterocycles. The van der Waals surface area contributed by atoms with Gasteiger partial charge in [-0.2, -0.15) is 4.31 Å². The van der Waals surface area contributed by atoms with Crippen LogP contribution in [0.3, 0.4) is 0 Å². The molecule has 1 aliphatic rings. The number of rotatable bonds is 5. The Bertz CT molecular complexity index is 820. The second-order valence-corrected chi connectivity index (χ2v) is 8.22. The fourth-order valence-electron chi connectivity index (χ4n) is 3.23. The van der Waals surface area contributed by atoms with Crippen molar-refractivity contribution in [3.63, 3.8) is 0 Å². The van der Waals surface area contributed by atoms with Crippen molar-refractivity contribution in [3.05, 3.63) is 36.0 Å². The molecule has 1 aliphatic heterocycles. The first-order valence-corrected chi connectivity index (χ1v) is 9.90. The molecule has 5 nitrogen and oxygen atoms in total. The number of benzene rings is 1. The van der Waals surface area contributed by atoms with Crippen molar-refractivity contribution >= 4 is 20.9 Å². The fourth-order valence-corrected chi connectivity index (χ4v) is 4.94. The molecule has 0 unspecified atom stereocenters. The minimum absolute atomic E-state index is 0.262. The Kier molecular flexibility index (Phi) is 5.18. The van der Waals surface area contributed by atoms with Crippen LogP contribution in [0.1, 0.15) is 25.5 Å². The lowest BCUT2D eigenvalue weighted by atomic mass is 10.0. The molecule has 1 aromatic carbocycles. The summed E-state index contributed by atoms with van der Waals surface area (Å²) in [7, 11) is -3.55. The smallest absolute Gasteiger partial charge is 0.245 e. The Morgan fingerprint density at radius 3 is 2.92 bits per heavy atom. The highest BCUT2D eigenvalue weighted by Gasteiger charge is 2.31. The second kappa shape index (κ2) is 7.17. The van der Waals surface area contributed by atoms with E-state index in [0.29, 0.717) is 36.7 Å². The summed E-state index contributed by atoms with van der Waals surface area (Å²) in [5, 5.41) is 0.851. The van der Waals surface area contributed by atoms with Crippen LogP contribution in [0.15, 0.2) is 35.2 Å². The van der Waals surface area contributed by atoms with Gasteiger partial charge in [0.05, 0.1) is 12.1 Å². The molecule has 1 atom stereocenters. The van der Waals surface area contributed by atoms with Crippen LogP contribution in [-0.4, -0.2) is 44.0 Å². The SMILES string of the molecule is CCOC[C@@H]1CCCN(S(=O)(=O)c2cccc3ccc(C)nc23)C1. The van der Waals surface area contributed by atoms with E-state index in [1.54, 1.807) is 16.4 Å². The average molecular weight is 348 g/mol. The number of fused-ring (bicyclic) bond motifs is 1. The third-order valence-corrected chi connectivity index (χ3v) is 6.38. The topological polar surface area (TPSA) is 59.5 Å². The molecule has 24 heavy (non-hydrogen) atoms. The van der Waals surface area contributed by atoms with E-state index in [4.69, 9.17) is 4.74 Å². The third kappa shape index (κ3) is 3.45. The number of para-hydroxylation sites is 1. The van der Waals surface area contributed by atoms with Crippen LogP contribution in [0, 0.1) is 12.8 Å². The maximum atomic E-state index is 13.2. The van der Waals surface area contributed by atoms with Gasteiger partial charge in [0.25, 0.3) is 0 Å². The maximum Gasteiger partial charge on any atom is 0.245 e. The average Bonchev–Trinajstić information content (AvgIpc) is 2.59. The molecule has 0 N–H and O–H groups in total. The van der Waals surface area contributed by atoms with Crippen LogP contribution in [0.4, 0.5) is 0 Å². The zero-order valence-corrected chi connectivity index (χ0v) is 15.1. The van der Waals surface area contributed by atoms with E-state index in [1.165, 1.54) is 0 Å². The standard InChI is InChI=1S/C18H24N2O3S/c1-3-23-13-15-6-5-11-20(12-15)24(21,22)17-8-4-7-16-10-9-14(2)19-18(16)17/h4,7-10,15H,3,5-6,11-13H2,1-2H3/t15-/m1/s1. The van der Waals surface area contributed by atoms with Crippen molar-refractivity contribution in [1.82, 2.24) is 9.29 Å². The third-order valence-electron chi connectivity index (χ3n) is 4.48. The summed E-state index contributed by atoms with van der Waals surface area (Å²) in [5.74, 6) is 0.262. The molecule has 1 fully saturated rings. The molecular formula is C18H24N2O3S. The van der Waals surface area contributed by atoms with Gasteiger partial charge in [0.2, 0.25) is 10.0 Å². The molecule has 2 aromatic rings. The predicted molar refractivity (Wildman–Crippen MR) is 94.5 cm³/mol. The van der Waals surface area contributed by atoms with Crippen molar-refractivity contribution in [2.24, 2.45) is 5.92 Å². The van der Waals surface area contributed by atoms with Crippen molar-refractivity contribution < 1.29 is 13.2 Å². The zero-order chi connectivity index (χ0) is 17.2. The summed E-state index contributed by atoms with van der Waals surface area (Å²) in [5.41, 5.74) is 1.38. The quantitative estimate of drug-likeness (QED) is 0.833. The van der Waals surface area contributed by atoms with Gasteiger partial charge in [-0.25, -0.2) is 8.42 Å². The lowest BCUT2D eigenvalue weighted by molar-refractivity contribution is 0.0864. The van der Waals surface area contributed by atoms with Crippen molar-refractivity contribution in [2.45, 2.75) is 31.6 Å². The number of pyridine rings is 1. The first kappa shape index (κ1) is 17.3. The Morgan fingerprint density at radius 1 is 1.29 bits per heavy atom. The Hall–Kier alpha value is -1.50. The molecule has 0 saturated carbocycles. The molecule has 130 valence electrons. The van der Waals surface area contributed by atoms with Gasteiger partial charge in [0, 0.05) is 30.8 Å². The largest absolute Gasteiger partial charge is 0.381 e. The number of hydrogen-bond donors (Lipinski definition) is 0. The first-order valence-electron chi connectivity index (χ1n) is 8.46. The van der Waals surface area contributed by atoms with Crippen LogP contribution in [-0.2, 0) is 14.8 Å². The Balaban J connectivity index is 1.94. The highest BCUT2D eigenvalue weighted by atomic mass is 32.2. The van der Waals surface area contributed by atoms with Gasteiger partial charge >= 0.3 is 0 Å². The minimum Gasteiger partial charge on any atom is -0.381 e. The molecule has 0 radical (unpaired) electrons.